The van der Waals surface area contributed by atoms with E-state index < -0.39 is 27.4 Å². The molecule has 0 aromatic carbocycles. The van der Waals surface area contributed by atoms with Crippen LogP contribution in [0.5, 0.6) is 0 Å². The topological polar surface area (TPSA) is 110 Å². The minimum Gasteiger partial charge on any atom is -0.330 e. The standard InChI is InChI=1S/C10H19N3O4S/c1-10(2)9(15)12-8(14)7-13(10)18(16,17)6-4-3-5-11/h3-7,11H2,1-2H3,(H,12,14,15). The molecule has 1 fully saturated rings. The van der Waals surface area contributed by atoms with Crippen molar-refractivity contribution in [1.82, 2.24) is 9.62 Å². The molecule has 0 aliphatic carbocycles. The molecule has 1 aliphatic rings. The van der Waals surface area contributed by atoms with Crippen molar-refractivity contribution in [3.8, 4) is 0 Å². The van der Waals surface area contributed by atoms with E-state index in [-0.39, 0.29) is 12.3 Å². The lowest BCUT2D eigenvalue weighted by atomic mass is 10.0. The Morgan fingerprint density at radius 3 is 2.50 bits per heavy atom. The minimum absolute atomic E-state index is 0.103. The molecular formula is C10H19N3O4S. The third-order valence-electron chi connectivity index (χ3n) is 2.91. The molecule has 3 N–H and O–H groups in total. The number of hydrogen-bond acceptors (Lipinski definition) is 5. The van der Waals surface area contributed by atoms with E-state index in [0.717, 1.165) is 4.31 Å². The van der Waals surface area contributed by atoms with Gasteiger partial charge in [-0.1, -0.05) is 0 Å². The molecule has 18 heavy (non-hydrogen) atoms. The predicted molar refractivity (Wildman–Crippen MR) is 66.0 cm³/mol. The monoisotopic (exact) mass is 277 g/mol. The van der Waals surface area contributed by atoms with Crippen molar-refractivity contribution in [1.29, 1.82) is 0 Å². The van der Waals surface area contributed by atoms with Crippen LogP contribution in [0, 0.1) is 0 Å². The molecule has 1 rings (SSSR count). The van der Waals surface area contributed by atoms with Crippen LogP contribution in [0.15, 0.2) is 0 Å². The quantitative estimate of drug-likeness (QED) is 0.484. The number of carbonyl (C=O) groups is 2. The van der Waals surface area contributed by atoms with Gasteiger partial charge in [0, 0.05) is 0 Å². The largest absolute Gasteiger partial charge is 0.330 e. The number of nitrogens with one attached hydrogen (secondary N) is 1. The van der Waals surface area contributed by atoms with Gasteiger partial charge in [-0.05, 0) is 33.2 Å². The average molecular weight is 277 g/mol. The lowest BCUT2D eigenvalue weighted by Gasteiger charge is -2.38. The molecule has 0 bridgehead atoms. The summed E-state index contributed by atoms with van der Waals surface area (Å²) in [6, 6.07) is 0. The highest BCUT2D eigenvalue weighted by molar-refractivity contribution is 7.89. The molecule has 0 unspecified atom stereocenters. The number of nitrogens with two attached hydrogens (primary N) is 1. The zero-order chi connectivity index (χ0) is 14.0. The summed E-state index contributed by atoms with van der Waals surface area (Å²) >= 11 is 0. The first kappa shape index (κ1) is 15.1. The van der Waals surface area contributed by atoms with Crippen LogP contribution < -0.4 is 11.1 Å². The highest BCUT2D eigenvalue weighted by atomic mass is 32.2. The Morgan fingerprint density at radius 1 is 1.33 bits per heavy atom. The van der Waals surface area contributed by atoms with Crippen LogP contribution in [-0.2, 0) is 19.6 Å². The highest BCUT2D eigenvalue weighted by Crippen LogP contribution is 2.22. The Bertz CT molecular complexity index is 444. The maximum Gasteiger partial charge on any atom is 0.247 e. The first-order valence-electron chi connectivity index (χ1n) is 5.76. The number of amides is 2. The summed E-state index contributed by atoms with van der Waals surface area (Å²) in [7, 11) is -3.63. The number of unbranched alkanes of at least 4 members (excludes halogenated alkanes) is 1. The van der Waals surface area contributed by atoms with Crippen LogP contribution in [0.2, 0.25) is 0 Å². The summed E-state index contributed by atoms with van der Waals surface area (Å²) < 4.78 is 25.2. The van der Waals surface area contributed by atoms with Crippen LogP contribution in [0.4, 0.5) is 0 Å². The van der Waals surface area contributed by atoms with Crippen molar-refractivity contribution >= 4 is 21.8 Å². The van der Waals surface area contributed by atoms with Gasteiger partial charge in [0.1, 0.15) is 5.54 Å². The fourth-order valence-electron chi connectivity index (χ4n) is 1.75. The van der Waals surface area contributed by atoms with Gasteiger partial charge in [0.2, 0.25) is 21.8 Å². The number of piperazine rings is 1. The van der Waals surface area contributed by atoms with E-state index in [9.17, 15) is 18.0 Å². The molecule has 0 spiro atoms. The molecule has 8 heteroatoms. The Balaban J connectivity index is 2.91. The number of rotatable bonds is 5. The Morgan fingerprint density at radius 2 is 1.94 bits per heavy atom. The van der Waals surface area contributed by atoms with Crippen molar-refractivity contribution in [2.75, 3.05) is 18.8 Å². The van der Waals surface area contributed by atoms with Crippen LogP contribution >= 0.6 is 0 Å². The van der Waals surface area contributed by atoms with E-state index in [1.54, 1.807) is 0 Å². The molecule has 0 aromatic rings. The summed E-state index contributed by atoms with van der Waals surface area (Å²) in [4.78, 5) is 22.9. The summed E-state index contributed by atoms with van der Waals surface area (Å²) in [6.45, 7) is 3.06. The molecule has 0 radical (unpaired) electrons. The van der Waals surface area contributed by atoms with Gasteiger partial charge in [0.15, 0.2) is 0 Å². The molecule has 104 valence electrons. The zero-order valence-corrected chi connectivity index (χ0v) is 11.4. The number of hydrogen-bond donors (Lipinski definition) is 2. The molecule has 7 nitrogen and oxygen atoms in total. The molecule has 0 saturated carbocycles. The van der Waals surface area contributed by atoms with Crippen molar-refractivity contribution in [2.45, 2.75) is 32.2 Å². The molecule has 1 aliphatic heterocycles. The number of imide groups is 1. The SMILES string of the molecule is CC1(C)C(=O)NC(=O)CN1S(=O)(=O)CCCCN. The minimum atomic E-state index is -3.63. The third kappa shape index (κ3) is 3.06. The number of carbonyl (C=O) groups excluding carboxylic acids is 2. The average Bonchev–Trinajstić information content (AvgIpc) is 2.24. The third-order valence-corrected chi connectivity index (χ3v) is 4.97. The summed E-state index contributed by atoms with van der Waals surface area (Å²) in [6.07, 6.45) is 1.01. The second-order valence-electron chi connectivity index (χ2n) is 4.75. The second-order valence-corrected chi connectivity index (χ2v) is 6.77. The number of sulfonamides is 1. The van der Waals surface area contributed by atoms with Gasteiger partial charge < -0.3 is 5.73 Å². The molecule has 2 amide bonds. The van der Waals surface area contributed by atoms with Crippen LogP contribution in [0.1, 0.15) is 26.7 Å². The Labute approximate surface area is 107 Å². The second kappa shape index (κ2) is 5.33. The smallest absolute Gasteiger partial charge is 0.247 e. The van der Waals surface area contributed by atoms with Crippen LogP contribution in [0.3, 0.4) is 0 Å². The number of nitrogens with zero attached hydrogens (tertiary/aromatic N) is 1. The Hall–Kier alpha value is -0.990. The van der Waals surface area contributed by atoms with Gasteiger partial charge in [-0.25, -0.2) is 8.42 Å². The molecule has 1 heterocycles. The Kier molecular flexibility index (Phi) is 4.46. The van der Waals surface area contributed by atoms with Gasteiger partial charge in [0.25, 0.3) is 0 Å². The van der Waals surface area contributed by atoms with E-state index in [4.69, 9.17) is 5.73 Å². The molecule has 0 aromatic heterocycles. The molecular weight excluding hydrogens is 258 g/mol. The van der Waals surface area contributed by atoms with E-state index in [1.165, 1.54) is 13.8 Å². The fourth-order valence-corrected chi connectivity index (χ4v) is 3.63. The van der Waals surface area contributed by atoms with Crippen molar-refractivity contribution in [2.24, 2.45) is 5.73 Å². The van der Waals surface area contributed by atoms with Gasteiger partial charge in [-0.15, -0.1) is 0 Å². The molecule has 0 atom stereocenters. The maximum absolute atomic E-state index is 12.1. The fraction of sp³-hybridized carbons (Fsp3) is 0.800. The summed E-state index contributed by atoms with van der Waals surface area (Å²) in [5.74, 6) is -1.29. The van der Waals surface area contributed by atoms with Crippen LogP contribution in [-0.4, -0.2) is 48.9 Å². The van der Waals surface area contributed by atoms with Crippen LogP contribution in [0.25, 0.3) is 0 Å². The molecule has 1 saturated heterocycles. The highest BCUT2D eigenvalue weighted by Gasteiger charge is 2.46. The predicted octanol–water partition coefficient (Wildman–Crippen LogP) is -1.21. The van der Waals surface area contributed by atoms with Gasteiger partial charge in [-0.2, -0.15) is 4.31 Å². The van der Waals surface area contributed by atoms with Gasteiger partial charge in [0.05, 0.1) is 12.3 Å². The van der Waals surface area contributed by atoms with Crippen molar-refractivity contribution in [3.05, 3.63) is 0 Å². The zero-order valence-electron chi connectivity index (χ0n) is 10.6. The van der Waals surface area contributed by atoms with Gasteiger partial charge in [-0.3, -0.25) is 14.9 Å². The van der Waals surface area contributed by atoms with E-state index in [0.29, 0.717) is 19.4 Å². The van der Waals surface area contributed by atoms with Gasteiger partial charge >= 0.3 is 0 Å². The van der Waals surface area contributed by atoms with E-state index in [2.05, 4.69) is 5.32 Å². The van der Waals surface area contributed by atoms with Crippen molar-refractivity contribution < 1.29 is 18.0 Å². The van der Waals surface area contributed by atoms with E-state index in [1.807, 2.05) is 0 Å². The summed E-state index contributed by atoms with van der Waals surface area (Å²) in [5, 5.41) is 2.13. The summed E-state index contributed by atoms with van der Waals surface area (Å²) in [5.41, 5.74) is 4.07. The normalized spacial score (nSPS) is 20.8. The lowest BCUT2D eigenvalue weighted by Crippen LogP contribution is -2.65. The first-order valence-corrected chi connectivity index (χ1v) is 7.37. The lowest BCUT2D eigenvalue weighted by molar-refractivity contribution is -0.141. The first-order chi connectivity index (χ1) is 8.21. The maximum atomic E-state index is 12.1. The van der Waals surface area contributed by atoms with Crippen molar-refractivity contribution in [3.63, 3.8) is 0 Å². The van der Waals surface area contributed by atoms with E-state index >= 15 is 0 Å².